The number of hydrogen-bond acceptors (Lipinski definition) is 4. The van der Waals surface area contributed by atoms with Crippen molar-refractivity contribution in [2.75, 3.05) is 15.9 Å². The van der Waals surface area contributed by atoms with E-state index in [-0.39, 0.29) is 0 Å². The minimum atomic E-state index is -4.33. The van der Waals surface area contributed by atoms with Crippen molar-refractivity contribution < 1.29 is 0 Å². The molecule has 0 unspecified atom stereocenters. The van der Waals surface area contributed by atoms with Crippen molar-refractivity contribution in [3.63, 3.8) is 0 Å². The summed E-state index contributed by atoms with van der Waals surface area (Å²) >= 11 is -8.66. The topological polar surface area (TPSA) is 13.0 Å². The second kappa shape index (κ2) is 14.8. The number of rotatable bonds is 8. The minimum absolute atomic E-state index is 1.16. The summed E-state index contributed by atoms with van der Waals surface area (Å²) < 4.78 is 16.5. The molecule has 9 rings (SSSR count). The molecule has 8 aromatic carbocycles. The van der Waals surface area contributed by atoms with E-state index in [2.05, 4.69) is 259 Å². The SMILES string of the molecule is c1ccc([N]2[N](c3ccccc3)[Ge]([c]3ccccc3)([c]3ccccc3)[N](c3ccccc3)[N](c3ccccc3)[Ge]2([c]2ccccc2)[c]2ccccc2)cc1. The monoisotopic (exact) mass is 820 g/mol. The van der Waals surface area contributed by atoms with E-state index >= 15 is 0 Å². The Morgan fingerprint density at radius 1 is 0.185 bits per heavy atom. The van der Waals surface area contributed by atoms with Crippen molar-refractivity contribution in [1.29, 1.82) is 0 Å². The van der Waals surface area contributed by atoms with E-state index in [9.17, 15) is 0 Å². The molecule has 54 heavy (non-hydrogen) atoms. The molecule has 260 valence electrons. The predicted molar refractivity (Wildman–Crippen MR) is 231 cm³/mol. The zero-order valence-corrected chi connectivity index (χ0v) is 34.1. The number of nitrogens with zero attached hydrogens (tertiary/aromatic N) is 4. The molecular formula is C48H40Ge2N4. The van der Waals surface area contributed by atoms with Gasteiger partial charge in [0.15, 0.2) is 0 Å². The van der Waals surface area contributed by atoms with Crippen LogP contribution in [0.5, 0.6) is 0 Å². The van der Waals surface area contributed by atoms with E-state index in [1.54, 1.807) is 0 Å². The fourth-order valence-corrected chi connectivity index (χ4v) is 34.1. The van der Waals surface area contributed by atoms with Crippen molar-refractivity contribution in [1.82, 2.24) is 0 Å². The van der Waals surface area contributed by atoms with Crippen LogP contribution < -0.4 is 33.4 Å². The third-order valence-electron chi connectivity index (χ3n) is 10.3. The summed E-state index contributed by atoms with van der Waals surface area (Å²) in [6.07, 6.45) is 0. The van der Waals surface area contributed by atoms with Crippen LogP contribution in [-0.4, -0.2) is 27.4 Å². The van der Waals surface area contributed by atoms with Crippen molar-refractivity contribution in [2.45, 2.75) is 0 Å². The number of hydrazine groups is 2. The Bertz CT molecular complexity index is 2040. The molecular weight excluding hydrogens is 778 g/mol. The van der Waals surface area contributed by atoms with Crippen molar-refractivity contribution in [2.24, 2.45) is 0 Å². The number of para-hydroxylation sites is 4. The van der Waals surface area contributed by atoms with Crippen LogP contribution in [0.3, 0.4) is 0 Å². The van der Waals surface area contributed by atoms with Gasteiger partial charge in [0.1, 0.15) is 0 Å². The predicted octanol–water partition coefficient (Wildman–Crippen LogP) is 8.37. The first-order chi connectivity index (χ1) is 26.8. The average Bonchev–Trinajstić information content (AvgIpc) is 3.27. The number of hydrogen-bond donors (Lipinski definition) is 0. The Hall–Kier alpha value is -5.95. The molecule has 0 spiro atoms. The molecule has 0 saturated carbocycles. The molecule has 0 aromatic heterocycles. The Morgan fingerprint density at radius 2 is 0.333 bits per heavy atom. The van der Waals surface area contributed by atoms with Gasteiger partial charge in [-0.2, -0.15) is 0 Å². The van der Waals surface area contributed by atoms with Crippen LogP contribution in [0.4, 0.5) is 22.7 Å². The zero-order chi connectivity index (χ0) is 36.2. The molecule has 1 fully saturated rings. The van der Waals surface area contributed by atoms with E-state index < -0.39 is 27.4 Å². The Labute approximate surface area is 324 Å². The molecule has 1 aliphatic heterocycles. The molecule has 0 amide bonds. The van der Waals surface area contributed by atoms with Gasteiger partial charge in [-0.1, -0.05) is 0 Å². The summed E-state index contributed by atoms with van der Waals surface area (Å²) in [5.41, 5.74) is 4.63. The fourth-order valence-electron chi connectivity index (χ4n) is 8.24. The van der Waals surface area contributed by atoms with Crippen LogP contribution in [0, 0.1) is 0 Å². The molecule has 0 bridgehead atoms. The maximum atomic E-state index is 2.81. The summed E-state index contributed by atoms with van der Waals surface area (Å²) in [5.74, 6) is 0. The van der Waals surface area contributed by atoms with E-state index in [0.29, 0.717) is 0 Å². The van der Waals surface area contributed by atoms with Gasteiger partial charge in [0.05, 0.1) is 0 Å². The first-order valence-corrected chi connectivity index (χ1v) is 26.4. The Kier molecular flexibility index (Phi) is 9.29. The van der Waals surface area contributed by atoms with Crippen LogP contribution in [0.1, 0.15) is 0 Å². The summed E-state index contributed by atoms with van der Waals surface area (Å²) in [6, 6.07) is 89.9. The van der Waals surface area contributed by atoms with Crippen LogP contribution in [0.25, 0.3) is 0 Å². The fraction of sp³-hybridized carbons (Fsp3) is 0. The molecule has 4 nitrogen and oxygen atoms in total. The number of anilines is 4. The molecule has 0 aliphatic carbocycles. The van der Waals surface area contributed by atoms with Gasteiger partial charge in [-0.3, -0.25) is 0 Å². The summed E-state index contributed by atoms with van der Waals surface area (Å²) in [4.78, 5) is 0. The quantitative estimate of drug-likeness (QED) is 0.143. The van der Waals surface area contributed by atoms with Gasteiger partial charge in [0.2, 0.25) is 0 Å². The molecule has 1 aliphatic rings. The maximum absolute atomic E-state index is 4.33. The second-order valence-electron chi connectivity index (χ2n) is 13.4. The van der Waals surface area contributed by atoms with Gasteiger partial charge < -0.3 is 0 Å². The molecule has 1 heterocycles. The van der Waals surface area contributed by atoms with Gasteiger partial charge in [-0.05, 0) is 0 Å². The molecule has 1 saturated heterocycles. The third-order valence-corrected chi connectivity index (χ3v) is 30.6. The zero-order valence-electron chi connectivity index (χ0n) is 29.9. The van der Waals surface area contributed by atoms with Crippen molar-refractivity contribution >= 4 is 67.8 Å². The van der Waals surface area contributed by atoms with Gasteiger partial charge in [-0.25, -0.2) is 0 Å². The van der Waals surface area contributed by atoms with Crippen LogP contribution in [0.2, 0.25) is 0 Å². The first kappa shape index (κ1) is 33.9. The molecule has 0 radical (unpaired) electrons. The first-order valence-electron chi connectivity index (χ1n) is 18.5. The van der Waals surface area contributed by atoms with Crippen LogP contribution in [-0.2, 0) is 0 Å². The summed E-state index contributed by atoms with van der Waals surface area (Å²) in [6.45, 7) is 0. The Morgan fingerprint density at radius 3 is 0.500 bits per heavy atom. The van der Waals surface area contributed by atoms with Gasteiger partial charge >= 0.3 is 326 Å². The van der Waals surface area contributed by atoms with E-state index in [1.165, 1.54) is 17.6 Å². The molecule has 8 aromatic rings. The summed E-state index contributed by atoms with van der Waals surface area (Å²) in [7, 11) is 0. The molecule has 0 atom stereocenters. The van der Waals surface area contributed by atoms with Crippen molar-refractivity contribution in [3.8, 4) is 0 Å². The van der Waals surface area contributed by atoms with E-state index in [4.69, 9.17) is 0 Å². The Balaban J connectivity index is 1.59. The standard InChI is InChI=1S/C48H40Ge2N4/c1-9-25-41(26-10-1)49(42-27-11-2-12-28-42)51(45-33-17-5-18-34-45)53(47-37-21-7-22-38-47)50(43-29-13-3-14-30-43,44-31-15-4-16-32-44)54(48-39-23-8-24-40-48)52(49)46-35-19-6-20-36-46/h1-40H. The van der Waals surface area contributed by atoms with E-state index in [1.807, 2.05) is 0 Å². The third kappa shape index (κ3) is 5.52. The van der Waals surface area contributed by atoms with Crippen LogP contribution >= 0.6 is 0 Å². The second-order valence-corrected chi connectivity index (χ2v) is 27.4. The van der Waals surface area contributed by atoms with Crippen molar-refractivity contribution in [3.05, 3.63) is 243 Å². The summed E-state index contributed by atoms with van der Waals surface area (Å²) in [5, 5.41) is 0. The van der Waals surface area contributed by atoms with Gasteiger partial charge in [0, 0.05) is 0 Å². The van der Waals surface area contributed by atoms with Gasteiger partial charge in [-0.15, -0.1) is 0 Å². The molecule has 0 N–H and O–H groups in total. The van der Waals surface area contributed by atoms with Crippen LogP contribution in [0.15, 0.2) is 243 Å². The normalized spacial score (nSPS) is 14.8. The van der Waals surface area contributed by atoms with Gasteiger partial charge in [0.25, 0.3) is 0 Å². The van der Waals surface area contributed by atoms with E-state index in [0.717, 1.165) is 22.7 Å². The average molecular weight is 818 g/mol. The number of benzene rings is 8. The molecule has 6 heteroatoms.